The first-order valence-corrected chi connectivity index (χ1v) is 8.70. The number of ether oxygens (including phenoxy) is 2. The van der Waals surface area contributed by atoms with Crippen LogP contribution in [0.4, 0.5) is 0 Å². The van der Waals surface area contributed by atoms with Gasteiger partial charge in [-0.05, 0) is 12.8 Å². The molecule has 6 nitrogen and oxygen atoms in total. The highest BCUT2D eigenvalue weighted by Gasteiger charge is 2.26. The molecule has 23 heavy (non-hydrogen) atoms. The van der Waals surface area contributed by atoms with Crippen LogP contribution in [0.25, 0.3) is 0 Å². The van der Waals surface area contributed by atoms with Crippen molar-refractivity contribution in [1.29, 1.82) is 0 Å². The van der Waals surface area contributed by atoms with Gasteiger partial charge in [-0.15, -0.1) is 0 Å². The molecule has 1 unspecified atom stereocenters. The van der Waals surface area contributed by atoms with E-state index in [1.165, 1.54) is 7.11 Å². The highest BCUT2D eigenvalue weighted by atomic mass is 16.5. The van der Waals surface area contributed by atoms with Crippen molar-refractivity contribution in [3.63, 3.8) is 0 Å². The lowest BCUT2D eigenvalue weighted by molar-refractivity contribution is -0.147. The predicted octanol–water partition coefficient (Wildman–Crippen LogP) is 1.39. The minimum atomic E-state index is -0.303. The summed E-state index contributed by atoms with van der Waals surface area (Å²) in [4.78, 5) is 28.6. The summed E-state index contributed by atoms with van der Waals surface area (Å²) in [6.07, 6.45) is 1.66. The quantitative estimate of drug-likeness (QED) is 0.599. The lowest BCUT2D eigenvalue weighted by Gasteiger charge is -2.32. The van der Waals surface area contributed by atoms with E-state index in [1.807, 2.05) is 25.7 Å². The summed E-state index contributed by atoms with van der Waals surface area (Å²) in [6, 6.07) is 0. The van der Waals surface area contributed by atoms with Crippen molar-refractivity contribution in [2.24, 2.45) is 11.8 Å². The van der Waals surface area contributed by atoms with Crippen molar-refractivity contribution in [3.05, 3.63) is 0 Å². The van der Waals surface area contributed by atoms with Crippen LogP contribution in [0, 0.1) is 11.8 Å². The highest BCUT2D eigenvalue weighted by molar-refractivity contribution is 5.80. The number of amides is 1. The third kappa shape index (κ3) is 6.47. The molecule has 0 spiro atoms. The Kier molecular flexibility index (Phi) is 9.17. The molecule has 1 aliphatic rings. The molecular weight excluding hydrogens is 296 g/mol. The minimum absolute atomic E-state index is 0.0320. The number of carbonyl (C=O) groups excluding carboxylic acids is 2. The van der Waals surface area contributed by atoms with Crippen LogP contribution in [0.15, 0.2) is 0 Å². The number of hydrogen-bond donors (Lipinski definition) is 0. The molecule has 0 aromatic rings. The Bertz CT molecular complexity index is 366. The van der Waals surface area contributed by atoms with Crippen molar-refractivity contribution >= 4 is 11.9 Å². The van der Waals surface area contributed by atoms with Gasteiger partial charge in [0, 0.05) is 38.6 Å². The number of esters is 1. The Hall–Kier alpha value is -1.14. The van der Waals surface area contributed by atoms with Crippen molar-refractivity contribution in [1.82, 2.24) is 9.80 Å². The Balaban J connectivity index is 2.66. The normalized spacial score (nSPS) is 17.1. The fraction of sp³-hybridized carbons (Fsp3) is 0.882. The summed E-state index contributed by atoms with van der Waals surface area (Å²) in [5, 5.41) is 0. The van der Waals surface area contributed by atoms with Crippen LogP contribution < -0.4 is 0 Å². The molecule has 1 aliphatic heterocycles. The van der Waals surface area contributed by atoms with Crippen LogP contribution in [-0.4, -0.2) is 74.7 Å². The Morgan fingerprint density at radius 2 is 1.83 bits per heavy atom. The molecule has 0 N–H and O–H groups in total. The van der Waals surface area contributed by atoms with Gasteiger partial charge in [-0.3, -0.25) is 14.5 Å². The van der Waals surface area contributed by atoms with Gasteiger partial charge in [-0.2, -0.15) is 0 Å². The van der Waals surface area contributed by atoms with E-state index in [-0.39, 0.29) is 23.7 Å². The molecule has 1 rings (SSSR count). The second kappa shape index (κ2) is 10.6. The molecule has 1 fully saturated rings. The van der Waals surface area contributed by atoms with E-state index in [4.69, 9.17) is 9.47 Å². The molecule has 134 valence electrons. The van der Waals surface area contributed by atoms with E-state index in [1.54, 1.807) is 0 Å². The van der Waals surface area contributed by atoms with Crippen LogP contribution in [-0.2, 0) is 19.1 Å². The van der Waals surface area contributed by atoms with Crippen molar-refractivity contribution in [2.45, 2.75) is 33.6 Å². The molecule has 1 heterocycles. The summed E-state index contributed by atoms with van der Waals surface area (Å²) < 4.78 is 10.2. The van der Waals surface area contributed by atoms with Gasteiger partial charge in [0.05, 0.1) is 26.2 Å². The van der Waals surface area contributed by atoms with Gasteiger partial charge in [0.1, 0.15) is 0 Å². The maximum atomic E-state index is 12.8. The second-order valence-corrected chi connectivity index (χ2v) is 6.18. The van der Waals surface area contributed by atoms with Gasteiger partial charge in [-0.1, -0.05) is 20.8 Å². The van der Waals surface area contributed by atoms with Gasteiger partial charge < -0.3 is 14.4 Å². The summed E-state index contributed by atoms with van der Waals surface area (Å²) in [6.45, 7) is 11.1. The van der Waals surface area contributed by atoms with Crippen molar-refractivity contribution in [2.75, 3.05) is 53.0 Å². The van der Waals surface area contributed by atoms with E-state index in [0.29, 0.717) is 13.1 Å². The van der Waals surface area contributed by atoms with E-state index >= 15 is 0 Å². The third-order valence-corrected chi connectivity index (χ3v) is 4.53. The third-order valence-electron chi connectivity index (χ3n) is 4.53. The topological polar surface area (TPSA) is 59.1 Å². The smallest absolute Gasteiger partial charge is 0.310 e. The fourth-order valence-electron chi connectivity index (χ4n) is 2.88. The highest BCUT2D eigenvalue weighted by Crippen LogP contribution is 2.14. The summed E-state index contributed by atoms with van der Waals surface area (Å²) >= 11 is 0. The van der Waals surface area contributed by atoms with Crippen LogP contribution in [0.2, 0.25) is 0 Å². The van der Waals surface area contributed by atoms with Gasteiger partial charge in [0.15, 0.2) is 0 Å². The molecule has 1 saturated heterocycles. The number of nitrogens with zero attached hydrogens (tertiary/aromatic N) is 2. The first-order valence-electron chi connectivity index (χ1n) is 8.70. The van der Waals surface area contributed by atoms with Gasteiger partial charge in [-0.25, -0.2) is 0 Å². The zero-order chi connectivity index (χ0) is 17.2. The summed E-state index contributed by atoms with van der Waals surface area (Å²) in [5.74, 6) is -0.384. The van der Waals surface area contributed by atoms with Gasteiger partial charge >= 0.3 is 5.97 Å². The van der Waals surface area contributed by atoms with Gasteiger partial charge in [0.2, 0.25) is 5.91 Å². The SMILES string of the molecule is CCC(CC)C(=O)N(CCN1CCOCC1)CC(C)C(=O)OC. The van der Waals surface area contributed by atoms with Crippen LogP contribution in [0.5, 0.6) is 0 Å². The lowest BCUT2D eigenvalue weighted by atomic mass is 10.0. The molecule has 0 saturated carbocycles. The van der Waals surface area contributed by atoms with Crippen LogP contribution >= 0.6 is 0 Å². The largest absolute Gasteiger partial charge is 0.469 e. The predicted molar refractivity (Wildman–Crippen MR) is 89.1 cm³/mol. The van der Waals surface area contributed by atoms with E-state index in [2.05, 4.69) is 4.90 Å². The van der Waals surface area contributed by atoms with Crippen LogP contribution in [0.3, 0.4) is 0 Å². The molecule has 0 radical (unpaired) electrons. The maximum Gasteiger partial charge on any atom is 0.310 e. The number of rotatable bonds is 9. The second-order valence-electron chi connectivity index (χ2n) is 6.18. The molecular formula is C17H32N2O4. The first kappa shape index (κ1) is 19.9. The molecule has 6 heteroatoms. The monoisotopic (exact) mass is 328 g/mol. The average molecular weight is 328 g/mol. The van der Waals surface area contributed by atoms with Gasteiger partial charge in [0.25, 0.3) is 0 Å². The number of morpholine rings is 1. The molecule has 0 aliphatic carbocycles. The van der Waals surface area contributed by atoms with E-state index in [0.717, 1.165) is 45.7 Å². The standard InChI is InChI=1S/C17H32N2O4/c1-5-15(6-2)16(20)19(13-14(3)17(21)22-4)8-7-18-9-11-23-12-10-18/h14-15H,5-13H2,1-4H3. The zero-order valence-corrected chi connectivity index (χ0v) is 15.0. The van der Waals surface area contributed by atoms with Crippen molar-refractivity contribution in [3.8, 4) is 0 Å². The average Bonchev–Trinajstić information content (AvgIpc) is 2.59. The Morgan fingerprint density at radius 3 is 2.35 bits per heavy atom. The Labute approximate surface area is 140 Å². The number of hydrogen-bond acceptors (Lipinski definition) is 5. The summed E-state index contributed by atoms with van der Waals surface area (Å²) in [7, 11) is 1.39. The molecule has 0 aromatic heterocycles. The Morgan fingerprint density at radius 1 is 1.22 bits per heavy atom. The maximum absolute atomic E-state index is 12.8. The van der Waals surface area contributed by atoms with Crippen LogP contribution in [0.1, 0.15) is 33.6 Å². The molecule has 0 bridgehead atoms. The fourth-order valence-corrected chi connectivity index (χ4v) is 2.88. The number of carbonyl (C=O) groups is 2. The van der Waals surface area contributed by atoms with E-state index < -0.39 is 0 Å². The van der Waals surface area contributed by atoms with E-state index in [9.17, 15) is 9.59 Å². The lowest BCUT2D eigenvalue weighted by Crippen LogP contribution is -2.46. The minimum Gasteiger partial charge on any atom is -0.469 e. The number of methoxy groups -OCH3 is 1. The zero-order valence-electron chi connectivity index (χ0n) is 15.0. The molecule has 0 aromatic carbocycles. The summed E-state index contributed by atoms with van der Waals surface area (Å²) in [5.41, 5.74) is 0. The van der Waals surface area contributed by atoms with Crippen molar-refractivity contribution < 1.29 is 19.1 Å². The first-order chi connectivity index (χ1) is 11.0. The molecule has 1 atom stereocenters. The molecule has 1 amide bonds.